The van der Waals surface area contributed by atoms with Gasteiger partial charge >= 0.3 is 0 Å². The first-order valence-electron chi connectivity index (χ1n) is 6.73. The molecule has 0 N–H and O–H groups in total. The minimum Gasteiger partial charge on any atom is -0.375 e. The Labute approximate surface area is 93.6 Å². The second-order valence-corrected chi connectivity index (χ2v) is 6.98. The molecule has 0 aromatic carbocycles. The van der Waals surface area contributed by atoms with Crippen LogP contribution < -0.4 is 0 Å². The van der Waals surface area contributed by atoms with Crippen molar-refractivity contribution in [2.45, 2.75) is 64.4 Å². The average molecular weight is 208 g/mol. The second kappa shape index (κ2) is 3.23. The smallest absolute Gasteiger partial charge is 0.0687 e. The summed E-state index contributed by atoms with van der Waals surface area (Å²) >= 11 is 0. The maximum absolute atomic E-state index is 6.32. The summed E-state index contributed by atoms with van der Waals surface area (Å²) in [5, 5.41) is 0. The first-order valence-corrected chi connectivity index (χ1v) is 6.73. The monoisotopic (exact) mass is 208 g/mol. The van der Waals surface area contributed by atoms with E-state index in [1.54, 1.807) is 0 Å². The van der Waals surface area contributed by atoms with Gasteiger partial charge in [0.2, 0.25) is 0 Å². The van der Waals surface area contributed by atoms with Crippen LogP contribution in [0.15, 0.2) is 0 Å². The number of hydrogen-bond donors (Lipinski definition) is 0. The van der Waals surface area contributed by atoms with Gasteiger partial charge in [-0.05, 0) is 55.8 Å². The average Bonchev–Trinajstić information content (AvgIpc) is 2.88. The van der Waals surface area contributed by atoms with Gasteiger partial charge in [-0.1, -0.05) is 20.3 Å². The minimum atomic E-state index is 0.287. The zero-order valence-electron chi connectivity index (χ0n) is 10.2. The Morgan fingerprint density at radius 1 is 1.07 bits per heavy atom. The summed E-state index contributed by atoms with van der Waals surface area (Å²) < 4.78 is 6.32. The highest BCUT2D eigenvalue weighted by Gasteiger charge is 2.47. The van der Waals surface area contributed by atoms with Gasteiger partial charge in [-0.25, -0.2) is 0 Å². The summed E-state index contributed by atoms with van der Waals surface area (Å²) in [6.45, 7) is 5.91. The van der Waals surface area contributed by atoms with Crippen molar-refractivity contribution in [2.75, 3.05) is 6.61 Å². The van der Waals surface area contributed by atoms with Crippen LogP contribution in [-0.2, 0) is 4.74 Å². The van der Waals surface area contributed by atoms with Gasteiger partial charge in [-0.3, -0.25) is 0 Å². The van der Waals surface area contributed by atoms with Gasteiger partial charge in [0.25, 0.3) is 0 Å². The van der Waals surface area contributed by atoms with Crippen LogP contribution in [0.5, 0.6) is 0 Å². The predicted molar refractivity (Wildman–Crippen MR) is 61.8 cm³/mol. The first-order chi connectivity index (χ1) is 7.09. The summed E-state index contributed by atoms with van der Waals surface area (Å²) in [5.41, 5.74) is 0.807. The molecule has 0 aromatic rings. The van der Waals surface area contributed by atoms with E-state index in [0.29, 0.717) is 5.41 Å². The summed E-state index contributed by atoms with van der Waals surface area (Å²) in [6.07, 6.45) is 9.65. The molecule has 86 valence electrons. The fraction of sp³-hybridized carbons (Fsp3) is 1.00. The molecule has 1 nitrogen and oxygen atoms in total. The lowest BCUT2D eigenvalue weighted by molar-refractivity contribution is -0.101. The van der Waals surface area contributed by atoms with E-state index in [-0.39, 0.29) is 5.60 Å². The third kappa shape index (κ3) is 1.95. The van der Waals surface area contributed by atoms with Gasteiger partial charge in [0.05, 0.1) is 12.2 Å². The van der Waals surface area contributed by atoms with E-state index in [1.807, 2.05) is 0 Å². The lowest BCUT2D eigenvalue weighted by Crippen LogP contribution is -2.41. The Morgan fingerprint density at radius 2 is 1.93 bits per heavy atom. The molecule has 3 atom stereocenters. The van der Waals surface area contributed by atoms with E-state index in [2.05, 4.69) is 13.8 Å². The second-order valence-electron chi connectivity index (χ2n) is 6.98. The molecule has 2 aliphatic carbocycles. The van der Waals surface area contributed by atoms with Crippen molar-refractivity contribution in [3.8, 4) is 0 Å². The molecular formula is C14H24O. The number of hydrogen-bond acceptors (Lipinski definition) is 1. The zero-order chi connectivity index (χ0) is 10.5. The molecular weight excluding hydrogens is 184 g/mol. The number of fused-ring (bicyclic) bond motifs is 1. The van der Waals surface area contributed by atoms with Crippen LogP contribution >= 0.6 is 0 Å². The van der Waals surface area contributed by atoms with Crippen LogP contribution in [0.4, 0.5) is 0 Å². The highest BCUT2D eigenvalue weighted by molar-refractivity contribution is 4.98. The SMILES string of the molecule is CC1(C)CCC[C@]2(CC[C@H]3C[C@H]3CO2)C1. The number of rotatable bonds is 0. The number of ether oxygens (including phenoxy) is 1. The minimum absolute atomic E-state index is 0.287. The standard InChI is InChI=1S/C14H24O/c1-13(2)5-3-6-14(10-13)7-4-11-8-12(11)9-15-14/h11-12H,3-10H2,1-2H3/t11-,12-,14-/m0/s1. The van der Waals surface area contributed by atoms with E-state index in [0.717, 1.165) is 18.4 Å². The Morgan fingerprint density at radius 3 is 2.73 bits per heavy atom. The molecule has 15 heavy (non-hydrogen) atoms. The lowest BCUT2D eigenvalue weighted by atomic mass is 9.68. The summed E-state index contributed by atoms with van der Waals surface area (Å²) in [6, 6.07) is 0. The summed E-state index contributed by atoms with van der Waals surface area (Å²) in [5.74, 6) is 1.98. The molecule has 1 heterocycles. The quantitative estimate of drug-likeness (QED) is 0.589. The highest BCUT2D eigenvalue weighted by Crippen LogP contribution is 2.52. The van der Waals surface area contributed by atoms with Crippen LogP contribution in [0.2, 0.25) is 0 Å². The molecule has 0 amide bonds. The maximum atomic E-state index is 6.32. The molecule has 1 aliphatic heterocycles. The molecule has 0 radical (unpaired) electrons. The van der Waals surface area contributed by atoms with Crippen LogP contribution in [0.25, 0.3) is 0 Å². The third-order valence-corrected chi connectivity index (χ3v) is 4.93. The highest BCUT2D eigenvalue weighted by atomic mass is 16.5. The van der Waals surface area contributed by atoms with Crippen molar-refractivity contribution in [2.24, 2.45) is 17.3 Å². The molecule has 1 spiro atoms. The van der Waals surface area contributed by atoms with Gasteiger partial charge in [-0.15, -0.1) is 0 Å². The van der Waals surface area contributed by atoms with Crippen LogP contribution in [0, 0.1) is 17.3 Å². The molecule has 3 rings (SSSR count). The van der Waals surface area contributed by atoms with E-state index < -0.39 is 0 Å². The van der Waals surface area contributed by atoms with Crippen LogP contribution in [-0.4, -0.2) is 12.2 Å². The van der Waals surface area contributed by atoms with Gasteiger partial charge in [0.1, 0.15) is 0 Å². The van der Waals surface area contributed by atoms with Crippen molar-refractivity contribution in [1.29, 1.82) is 0 Å². The topological polar surface area (TPSA) is 9.23 Å². The van der Waals surface area contributed by atoms with E-state index in [4.69, 9.17) is 4.74 Å². The van der Waals surface area contributed by atoms with Crippen molar-refractivity contribution in [3.05, 3.63) is 0 Å². The van der Waals surface area contributed by atoms with Crippen molar-refractivity contribution >= 4 is 0 Å². The molecule has 3 aliphatic rings. The van der Waals surface area contributed by atoms with Crippen molar-refractivity contribution in [3.63, 3.8) is 0 Å². The molecule has 1 saturated heterocycles. The zero-order valence-corrected chi connectivity index (χ0v) is 10.2. The predicted octanol–water partition coefficient (Wildman–Crippen LogP) is 3.77. The lowest BCUT2D eigenvalue weighted by Gasteiger charge is -2.44. The molecule has 3 fully saturated rings. The van der Waals surface area contributed by atoms with Gasteiger partial charge in [-0.2, -0.15) is 0 Å². The van der Waals surface area contributed by atoms with Crippen molar-refractivity contribution < 1.29 is 4.74 Å². The largest absolute Gasteiger partial charge is 0.375 e. The van der Waals surface area contributed by atoms with Gasteiger partial charge in [0.15, 0.2) is 0 Å². The van der Waals surface area contributed by atoms with Crippen LogP contribution in [0.1, 0.15) is 58.8 Å². The third-order valence-electron chi connectivity index (χ3n) is 4.93. The molecule has 0 bridgehead atoms. The maximum Gasteiger partial charge on any atom is 0.0687 e. The molecule has 2 saturated carbocycles. The van der Waals surface area contributed by atoms with E-state index in [9.17, 15) is 0 Å². The van der Waals surface area contributed by atoms with Crippen molar-refractivity contribution in [1.82, 2.24) is 0 Å². The van der Waals surface area contributed by atoms with Crippen LogP contribution in [0.3, 0.4) is 0 Å². The van der Waals surface area contributed by atoms with Gasteiger partial charge < -0.3 is 4.74 Å². The van der Waals surface area contributed by atoms with E-state index in [1.165, 1.54) is 44.9 Å². The molecule has 1 heteroatoms. The van der Waals surface area contributed by atoms with E-state index >= 15 is 0 Å². The summed E-state index contributed by atoms with van der Waals surface area (Å²) in [4.78, 5) is 0. The van der Waals surface area contributed by atoms with Gasteiger partial charge in [0, 0.05) is 0 Å². The fourth-order valence-electron chi connectivity index (χ4n) is 3.95. The first kappa shape index (κ1) is 10.1. The normalized spacial score (nSPS) is 48.4. The summed E-state index contributed by atoms with van der Waals surface area (Å²) in [7, 11) is 0. The Hall–Kier alpha value is -0.0400. The molecule has 0 aromatic heterocycles. The Kier molecular flexibility index (Phi) is 2.18. The fourth-order valence-corrected chi connectivity index (χ4v) is 3.95. The molecule has 0 unspecified atom stereocenters. The Bertz CT molecular complexity index is 244. The Balaban J connectivity index is 1.72.